The average Bonchev–Trinajstić information content (AvgIpc) is 4.08. The molecule has 17 heteroatoms. The predicted octanol–water partition coefficient (Wildman–Crippen LogP) is 9.67. The molecule has 0 bridgehead atoms. The van der Waals surface area contributed by atoms with Crippen molar-refractivity contribution in [2.45, 2.75) is 168 Å². The van der Waals surface area contributed by atoms with Crippen molar-refractivity contribution in [1.29, 1.82) is 0 Å². The molecule has 71 heavy (non-hydrogen) atoms. The number of hydrogen-bond donors (Lipinski definition) is 5. The Morgan fingerprint density at radius 3 is 2.15 bits per heavy atom. The van der Waals surface area contributed by atoms with Gasteiger partial charge in [-0.2, -0.15) is 0 Å². The van der Waals surface area contributed by atoms with Gasteiger partial charge in [-0.05, 0) is 87.1 Å². The number of hydrogen-bond acceptors (Lipinski definition) is 11. The van der Waals surface area contributed by atoms with Crippen LogP contribution in [0.3, 0.4) is 0 Å². The van der Waals surface area contributed by atoms with E-state index in [2.05, 4.69) is 36.2 Å². The highest BCUT2D eigenvalue weighted by molar-refractivity contribution is 7.13. The number of β-amino-alcohol motifs (C(OH)–C–C–N with tert-alkyl or cyclic N) is 1. The van der Waals surface area contributed by atoms with E-state index in [9.17, 15) is 29.1 Å². The smallest absolute Gasteiger partial charge is 0.411 e. The number of aliphatic hydroxyl groups excluding tert-OH is 1. The first kappa shape index (κ1) is 52.6. The van der Waals surface area contributed by atoms with E-state index < -0.39 is 29.7 Å². The maximum absolute atomic E-state index is 14.0. The summed E-state index contributed by atoms with van der Waals surface area (Å²) in [5, 5.41) is 22.3. The van der Waals surface area contributed by atoms with Crippen LogP contribution >= 0.6 is 11.3 Å². The summed E-state index contributed by atoms with van der Waals surface area (Å²) in [5.41, 5.74) is 7.82. The van der Waals surface area contributed by atoms with Crippen LogP contribution < -0.4 is 21.3 Å². The number of likely N-dealkylation sites (tertiary alicyclic amines) is 1. The van der Waals surface area contributed by atoms with Gasteiger partial charge in [-0.15, -0.1) is 11.3 Å². The first-order chi connectivity index (χ1) is 34.1. The number of rotatable bonds is 21. The lowest BCUT2D eigenvalue weighted by atomic mass is 9.85. The lowest BCUT2D eigenvalue weighted by Gasteiger charge is -2.35. The third-order valence-corrected chi connectivity index (χ3v) is 14.4. The van der Waals surface area contributed by atoms with Crippen molar-refractivity contribution in [2.24, 2.45) is 5.41 Å². The van der Waals surface area contributed by atoms with Crippen molar-refractivity contribution in [1.82, 2.24) is 34.9 Å². The number of nitrogens with one attached hydrogen (secondary N) is 4. The van der Waals surface area contributed by atoms with Gasteiger partial charge in [-0.1, -0.05) is 90.0 Å². The average molecular weight is 990 g/mol. The Balaban J connectivity index is 0.765. The lowest BCUT2D eigenvalue weighted by molar-refractivity contribution is -0.144. The van der Waals surface area contributed by atoms with Crippen LogP contribution in [-0.2, 0) is 30.5 Å². The highest BCUT2D eigenvalue weighted by Crippen LogP contribution is 2.30. The van der Waals surface area contributed by atoms with Gasteiger partial charge in [0.15, 0.2) is 5.82 Å². The van der Waals surface area contributed by atoms with Gasteiger partial charge >= 0.3 is 6.09 Å². The van der Waals surface area contributed by atoms with E-state index in [4.69, 9.17) is 4.74 Å². The van der Waals surface area contributed by atoms with E-state index in [-0.39, 0.29) is 49.2 Å². The molecule has 3 atom stereocenters. The van der Waals surface area contributed by atoms with Crippen LogP contribution in [0.5, 0.6) is 0 Å². The molecule has 16 nitrogen and oxygen atoms in total. The maximum Gasteiger partial charge on any atom is 0.411 e. The van der Waals surface area contributed by atoms with E-state index in [1.54, 1.807) is 23.7 Å². The van der Waals surface area contributed by atoms with Crippen molar-refractivity contribution in [2.75, 3.05) is 17.2 Å². The second kappa shape index (κ2) is 24.8. The number of pyridine rings is 2. The number of aliphatic hydroxyl groups is 1. The van der Waals surface area contributed by atoms with Crippen molar-refractivity contribution in [3.8, 4) is 21.6 Å². The molecule has 5 amide bonds. The Morgan fingerprint density at radius 2 is 1.48 bits per heavy atom. The molecule has 1 aromatic carbocycles. The van der Waals surface area contributed by atoms with Gasteiger partial charge in [-0.25, -0.2) is 14.8 Å². The summed E-state index contributed by atoms with van der Waals surface area (Å²) in [6.07, 6.45) is 17.4. The second-order valence-corrected chi connectivity index (χ2v) is 21.1. The fourth-order valence-corrected chi connectivity index (χ4v) is 10.2. The summed E-state index contributed by atoms with van der Waals surface area (Å²) in [6.45, 7) is 9.78. The topological polar surface area (TPSA) is 209 Å². The number of anilines is 2. The van der Waals surface area contributed by atoms with E-state index in [0.29, 0.717) is 42.1 Å². The van der Waals surface area contributed by atoms with Crippen LogP contribution in [0, 0.1) is 19.3 Å². The number of ether oxygens (including phenoxy) is 1. The molecule has 1 aliphatic heterocycles. The summed E-state index contributed by atoms with van der Waals surface area (Å²) in [7, 11) is 0. The first-order valence-corrected chi connectivity index (χ1v) is 26.3. The van der Waals surface area contributed by atoms with Gasteiger partial charge in [0.25, 0.3) is 0 Å². The summed E-state index contributed by atoms with van der Waals surface area (Å²) in [5.74, 6) is -0.520. The van der Waals surface area contributed by atoms with Crippen LogP contribution in [0.4, 0.5) is 16.3 Å². The quantitative estimate of drug-likeness (QED) is 0.0440. The molecule has 0 radical (unpaired) electrons. The Morgan fingerprint density at radius 1 is 0.803 bits per heavy atom. The van der Waals surface area contributed by atoms with Crippen molar-refractivity contribution in [3.05, 3.63) is 83.5 Å². The molecular weight excluding hydrogens is 919 g/mol. The minimum Gasteiger partial charge on any atom is -0.446 e. The number of carbonyl (C=O) groups is 5. The number of imidazole rings is 1. The standard InChI is InChI=1S/C54H71N9O7S/c1-35-43(58-53(69)70-42-17-13-12-14-18-42)27-40(30-55-35)39-25-26-46-59-45(33-62(46)31-39)60-47(65)19-15-10-8-6-7-9-11-16-20-48(66)61-50(54(3,4)5)52(68)63-32-41(64)28-44(63)51(67)56-29-37-21-23-38(24-22-37)49-36(2)57-34-71-49/h21-27,30-31,33-34,41-42,44,50,64H,6-20,28-29,32H2,1-5H3,(H,56,67)(H,58,69)(H,60,65)(H,61,66)/t41-,44+,50-/m1/s1. The Labute approximate surface area is 421 Å². The van der Waals surface area contributed by atoms with Gasteiger partial charge in [-0.3, -0.25) is 29.5 Å². The number of aryl methyl sites for hydroxylation is 2. The molecule has 4 aromatic heterocycles. The minimum absolute atomic E-state index is 0.0252. The van der Waals surface area contributed by atoms with Gasteiger partial charge in [0.2, 0.25) is 23.6 Å². The molecule has 1 aliphatic carbocycles. The Bertz CT molecular complexity index is 2620. The monoisotopic (exact) mass is 990 g/mol. The number of carbonyl (C=O) groups excluding carboxylic acids is 5. The molecule has 5 aromatic rings. The maximum atomic E-state index is 14.0. The lowest BCUT2D eigenvalue weighted by Crippen LogP contribution is -2.57. The van der Waals surface area contributed by atoms with Gasteiger partial charge in [0.1, 0.15) is 23.8 Å². The van der Waals surface area contributed by atoms with Crippen molar-refractivity contribution in [3.63, 3.8) is 0 Å². The molecule has 1 saturated carbocycles. The molecule has 1 saturated heterocycles. The van der Waals surface area contributed by atoms with Crippen molar-refractivity contribution < 1.29 is 33.8 Å². The minimum atomic E-state index is -0.861. The predicted molar refractivity (Wildman–Crippen MR) is 277 cm³/mol. The highest BCUT2D eigenvalue weighted by Gasteiger charge is 2.44. The number of aromatic nitrogens is 4. The number of amides is 5. The zero-order valence-corrected chi connectivity index (χ0v) is 42.7. The van der Waals surface area contributed by atoms with Gasteiger partial charge < -0.3 is 35.1 Å². The molecule has 0 spiro atoms. The fourth-order valence-electron chi connectivity index (χ4n) is 9.36. The summed E-state index contributed by atoms with van der Waals surface area (Å²) < 4.78 is 7.51. The number of fused-ring (bicyclic) bond motifs is 1. The molecule has 2 aliphatic rings. The molecular formula is C54H71N9O7S. The van der Waals surface area contributed by atoms with E-state index in [1.807, 2.05) is 93.2 Å². The normalized spacial score (nSPS) is 16.7. The van der Waals surface area contributed by atoms with E-state index in [0.717, 1.165) is 103 Å². The second-order valence-electron chi connectivity index (χ2n) is 20.3. The fraction of sp³-hybridized carbons (Fsp3) is 0.519. The first-order valence-electron chi connectivity index (χ1n) is 25.4. The molecule has 380 valence electrons. The van der Waals surface area contributed by atoms with Gasteiger partial charge in [0.05, 0.1) is 39.8 Å². The molecule has 2 fully saturated rings. The Kier molecular flexibility index (Phi) is 18.4. The molecule has 7 rings (SSSR count). The zero-order chi connectivity index (χ0) is 50.5. The highest BCUT2D eigenvalue weighted by atomic mass is 32.1. The number of unbranched alkanes of at least 4 members (excludes halogenated alkanes) is 7. The molecule has 0 unspecified atom stereocenters. The third-order valence-electron chi connectivity index (χ3n) is 13.5. The number of nitrogens with zero attached hydrogens (tertiary/aromatic N) is 5. The summed E-state index contributed by atoms with van der Waals surface area (Å²) in [6, 6.07) is 11.9. The van der Waals surface area contributed by atoms with Crippen LogP contribution in [0.2, 0.25) is 0 Å². The van der Waals surface area contributed by atoms with Crippen LogP contribution in [0.25, 0.3) is 27.2 Å². The summed E-state index contributed by atoms with van der Waals surface area (Å²) in [4.78, 5) is 82.1. The van der Waals surface area contributed by atoms with Crippen LogP contribution in [0.1, 0.15) is 140 Å². The molecule has 5 N–H and O–H groups in total. The summed E-state index contributed by atoms with van der Waals surface area (Å²) >= 11 is 1.58. The van der Waals surface area contributed by atoms with Crippen molar-refractivity contribution >= 4 is 58.2 Å². The van der Waals surface area contributed by atoms with E-state index >= 15 is 0 Å². The largest absolute Gasteiger partial charge is 0.446 e. The number of benzene rings is 1. The van der Waals surface area contributed by atoms with E-state index in [1.165, 1.54) is 11.3 Å². The van der Waals surface area contributed by atoms with Crippen LogP contribution in [-0.4, -0.2) is 89.9 Å². The Hall–Kier alpha value is -6.20. The zero-order valence-electron chi connectivity index (χ0n) is 41.9. The van der Waals surface area contributed by atoms with Gasteiger partial charge in [0, 0.05) is 55.9 Å². The van der Waals surface area contributed by atoms with Crippen LogP contribution in [0.15, 0.2) is 66.6 Å². The number of thiazole rings is 1. The third kappa shape index (κ3) is 14.9. The SMILES string of the molecule is Cc1ncc(-c2ccc3nc(NC(=O)CCCCCCCCCCC(=O)N[C@H](C(=O)N4C[C@H](O)C[C@H]4C(=O)NCc4ccc(-c5scnc5C)cc4)C(C)(C)C)cn3c2)cc1NC(=O)OC1CCCCC1. The molecule has 5 heterocycles.